The fourth-order valence-electron chi connectivity index (χ4n) is 1.58. The average Bonchev–Trinajstić information content (AvgIpc) is 2.25. The molecule has 0 atom stereocenters. The minimum atomic E-state index is 0.537. The van der Waals surface area contributed by atoms with Crippen LogP contribution in [0.2, 0.25) is 0 Å². The molecule has 0 aliphatic rings. The second-order valence-electron chi connectivity index (χ2n) is 3.79. The van der Waals surface area contributed by atoms with Crippen molar-refractivity contribution in [3.05, 3.63) is 37.5 Å². The summed E-state index contributed by atoms with van der Waals surface area (Å²) in [5.41, 5.74) is 8.92. The first kappa shape index (κ1) is 12.8. The Kier molecular flexibility index (Phi) is 3.67. The zero-order chi connectivity index (χ0) is 12.6. The van der Waals surface area contributed by atoms with Crippen LogP contribution in [0.25, 0.3) is 11.4 Å². The van der Waals surface area contributed by atoms with Gasteiger partial charge in [-0.05, 0) is 60.2 Å². The Labute approximate surface area is 122 Å². The summed E-state index contributed by atoms with van der Waals surface area (Å²) >= 11 is 5.60. The maximum Gasteiger partial charge on any atom is 0.162 e. The van der Waals surface area contributed by atoms with E-state index in [0.29, 0.717) is 11.6 Å². The standard InChI is InChI=1S/C12H11BrIN3/c1-6-5-8(13)3-4-9(6)12-16-7(2)10(14)11(15)17-12/h3-5H,1-2H3,(H2,15,16,17). The number of rotatable bonds is 1. The van der Waals surface area contributed by atoms with Crippen LogP contribution in [-0.4, -0.2) is 9.97 Å². The van der Waals surface area contributed by atoms with Gasteiger partial charge in [0.25, 0.3) is 0 Å². The van der Waals surface area contributed by atoms with Crippen LogP contribution < -0.4 is 5.73 Å². The van der Waals surface area contributed by atoms with E-state index in [1.807, 2.05) is 32.0 Å². The topological polar surface area (TPSA) is 51.8 Å². The second-order valence-corrected chi connectivity index (χ2v) is 5.79. The molecule has 2 aromatic rings. The first-order valence-electron chi connectivity index (χ1n) is 5.05. The van der Waals surface area contributed by atoms with Crippen molar-refractivity contribution in [2.75, 3.05) is 5.73 Å². The molecule has 2 N–H and O–H groups in total. The molecule has 0 bridgehead atoms. The molecule has 3 nitrogen and oxygen atoms in total. The van der Waals surface area contributed by atoms with Crippen molar-refractivity contribution in [3.8, 4) is 11.4 Å². The molecule has 1 aromatic heterocycles. The summed E-state index contributed by atoms with van der Waals surface area (Å²) < 4.78 is 1.97. The Bertz CT molecular complexity index is 561. The van der Waals surface area contributed by atoms with Gasteiger partial charge in [0.05, 0.1) is 9.26 Å². The number of aromatic nitrogens is 2. The number of halogens is 2. The molecule has 0 radical (unpaired) electrons. The average molecular weight is 404 g/mol. The molecule has 1 heterocycles. The maximum absolute atomic E-state index is 5.87. The van der Waals surface area contributed by atoms with Gasteiger partial charge in [-0.1, -0.05) is 15.9 Å². The molecule has 0 unspecified atom stereocenters. The van der Waals surface area contributed by atoms with Gasteiger partial charge in [-0.25, -0.2) is 9.97 Å². The van der Waals surface area contributed by atoms with E-state index in [1.165, 1.54) is 0 Å². The van der Waals surface area contributed by atoms with E-state index in [0.717, 1.165) is 24.9 Å². The molecule has 0 spiro atoms. The van der Waals surface area contributed by atoms with Crippen molar-refractivity contribution in [2.24, 2.45) is 0 Å². The Morgan fingerprint density at radius 1 is 1.24 bits per heavy atom. The highest BCUT2D eigenvalue weighted by Crippen LogP contribution is 2.26. The minimum Gasteiger partial charge on any atom is -0.383 e. The largest absolute Gasteiger partial charge is 0.383 e. The van der Waals surface area contributed by atoms with Crippen LogP contribution in [0.5, 0.6) is 0 Å². The lowest BCUT2D eigenvalue weighted by atomic mass is 10.1. The molecule has 1 aromatic carbocycles. The fraction of sp³-hybridized carbons (Fsp3) is 0.167. The van der Waals surface area contributed by atoms with Gasteiger partial charge in [-0.15, -0.1) is 0 Å². The summed E-state index contributed by atoms with van der Waals surface area (Å²) in [5, 5.41) is 0. The van der Waals surface area contributed by atoms with Crippen LogP contribution in [-0.2, 0) is 0 Å². The molecular formula is C12H11BrIN3. The quantitative estimate of drug-likeness (QED) is 0.738. The van der Waals surface area contributed by atoms with Crippen molar-refractivity contribution in [1.82, 2.24) is 9.97 Å². The first-order chi connectivity index (χ1) is 7.99. The number of hydrogen-bond donors (Lipinski definition) is 1. The van der Waals surface area contributed by atoms with Crippen LogP contribution >= 0.6 is 38.5 Å². The number of benzene rings is 1. The summed E-state index contributed by atoms with van der Waals surface area (Å²) in [4.78, 5) is 8.82. The first-order valence-corrected chi connectivity index (χ1v) is 6.92. The SMILES string of the molecule is Cc1cc(Br)ccc1-c1nc(C)c(I)c(N)n1. The van der Waals surface area contributed by atoms with E-state index in [-0.39, 0.29) is 0 Å². The van der Waals surface area contributed by atoms with Crippen molar-refractivity contribution in [2.45, 2.75) is 13.8 Å². The number of anilines is 1. The summed E-state index contributed by atoms with van der Waals surface area (Å²) in [6.45, 7) is 3.98. The number of aryl methyl sites for hydroxylation is 2. The summed E-state index contributed by atoms with van der Waals surface area (Å²) in [6, 6.07) is 6.03. The van der Waals surface area contributed by atoms with Gasteiger partial charge in [0, 0.05) is 10.0 Å². The van der Waals surface area contributed by atoms with Crippen molar-refractivity contribution < 1.29 is 0 Å². The lowest BCUT2D eigenvalue weighted by Gasteiger charge is -2.08. The van der Waals surface area contributed by atoms with E-state index in [2.05, 4.69) is 48.5 Å². The van der Waals surface area contributed by atoms with E-state index in [1.54, 1.807) is 0 Å². The molecule has 0 saturated carbocycles. The molecule has 0 amide bonds. The number of nitrogens with two attached hydrogens (primary N) is 1. The maximum atomic E-state index is 5.87. The summed E-state index contributed by atoms with van der Waals surface area (Å²) in [5.74, 6) is 1.22. The molecule has 0 aliphatic carbocycles. The Balaban J connectivity index is 2.61. The van der Waals surface area contributed by atoms with Gasteiger partial charge < -0.3 is 5.73 Å². The van der Waals surface area contributed by atoms with Crippen LogP contribution in [0.3, 0.4) is 0 Å². The lowest BCUT2D eigenvalue weighted by molar-refractivity contribution is 1.09. The van der Waals surface area contributed by atoms with E-state index >= 15 is 0 Å². The Hall–Kier alpha value is -0.690. The molecule has 88 valence electrons. The van der Waals surface area contributed by atoms with Crippen LogP contribution in [0.4, 0.5) is 5.82 Å². The number of nitrogens with zero attached hydrogens (tertiary/aromatic N) is 2. The zero-order valence-corrected chi connectivity index (χ0v) is 13.2. The van der Waals surface area contributed by atoms with Crippen molar-refractivity contribution >= 4 is 44.3 Å². The number of nitrogen functional groups attached to an aromatic ring is 1. The lowest BCUT2D eigenvalue weighted by Crippen LogP contribution is -2.02. The Morgan fingerprint density at radius 2 is 1.94 bits per heavy atom. The molecule has 2 rings (SSSR count). The highest BCUT2D eigenvalue weighted by Gasteiger charge is 2.10. The molecule has 0 saturated heterocycles. The van der Waals surface area contributed by atoms with Crippen LogP contribution in [0.1, 0.15) is 11.3 Å². The fourth-order valence-corrected chi connectivity index (χ4v) is 2.30. The number of hydrogen-bond acceptors (Lipinski definition) is 3. The van der Waals surface area contributed by atoms with Crippen molar-refractivity contribution in [3.63, 3.8) is 0 Å². The van der Waals surface area contributed by atoms with E-state index in [9.17, 15) is 0 Å². The van der Waals surface area contributed by atoms with Gasteiger partial charge in [-0.2, -0.15) is 0 Å². The highest BCUT2D eigenvalue weighted by atomic mass is 127. The van der Waals surface area contributed by atoms with Gasteiger partial charge in [0.15, 0.2) is 5.82 Å². The highest BCUT2D eigenvalue weighted by molar-refractivity contribution is 14.1. The van der Waals surface area contributed by atoms with Crippen LogP contribution in [0.15, 0.2) is 22.7 Å². The monoisotopic (exact) mass is 403 g/mol. The molecular weight excluding hydrogens is 393 g/mol. The van der Waals surface area contributed by atoms with E-state index < -0.39 is 0 Å². The summed E-state index contributed by atoms with van der Waals surface area (Å²) in [7, 11) is 0. The van der Waals surface area contributed by atoms with Gasteiger partial charge >= 0.3 is 0 Å². The third kappa shape index (κ3) is 2.60. The second kappa shape index (κ2) is 4.89. The smallest absolute Gasteiger partial charge is 0.162 e. The van der Waals surface area contributed by atoms with Gasteiger partial charge in [0.2, 0.25) is 0 Å². The third-order valence-corrected chi connectivity index (χ3v) is 4.30. The molecule has 17 heavy (non-hydrogen) atoms. The van der Waals surface area contributed by atoms with Gasteiger partial charge in [0.1, 0.15) is 5.82 Å². The van der Waals surface area contributed by atoms with Crippen LogP contribution in [0, 0.1) is 17.4 Å². The Morgan fingerprint density at radius 3 is 2.53 bits per heavy atom. The van der Waals surface area contributed by atoms with E-state index in [4.69, 9.17) is 5.73 Å². The minimum absolute atomic E-state index is 0.537. The predicted octanol–water partition coefficient (Wildman–Crippen LogP) is 3.71. The normalized spacial score (nSPS) is 10.6. The molecule has 0 aliphatic heterocycles. The molecule has 0 fully saturated rings. The van der Waals surface area contributed by atoms with Gasteiger partial charge in [-0.3, -0.25) is 0 Å². The zero-order valence-electron chi connectivity index (χ0n) is 9.46. The predicted molar refractivity (Wildman–Crippen MR) is 81.8 cm³/mol. The van der Waals surface area contributed by atoms with Crippen molar-refractivity contribution in [1.29, 1.82) is 0 Å². The summed E-state index contributed by atoms with van der Waals surface area (Å²) in [6.07, 6.45) is 0. The molecule has 5 heteroatoms. The third-order valence-electron chi connectivity index (χ3n) is 2.47.